The molecule has 2 amide bonds. The summed E-state index contributed by atoms with van der Waals surface area (Å²) in [5, 5.41) is 2.73. The number of amides is 2. The van der Waals surface area contributed by atoms with Crippen molar-refractivity contribution >= 4 is 29.2 Å². The summed E-state index contributed by atoms with van der Waals surface area (Å²) in [7, 11) is 0. The third-order valence-corrected chi connectivity index (χ3v) is 2.92. The predicted octanol–water partition coefficient (Wildman–Crippen LogP) is 1.87. The highest BCUT2D eigenvalue weighted by Gasteiger charge is 2.25. The Morgan fingerprint density at radius 3 is 2.84 bits per heavy atom. The Labute approximate surface area is 108 Å². The molecule has 0 atom stereocenters. The molecule has 0 fully saturated rings. The van der Waals surface area contributed by atoms with E-state index in [9.17, 15) is 9.59 Å². The summed E-state index contributed by atoms with van der Waals surface area (Å²) < 4.78 is 5.19. The van der Waals surface area contributed by atoms with Crippen LogP contribution in [0.1, 0.15) is 21.7 Å². The van der Waals surface area contributed by atoms with E-state index in [1.165, 1.54) is 6.26 Å². The molecule has 2 heterocycles. The molecule has 0 radical (unpaired) electrons. The monoisotopic (exact) mass is 254 g/mol. The van der Waals surface area contributed by atoms with Crippen LogP contribution in [0.25, 0.3) is 11.6 Å². The van der Waals surface area contributed by atoms with Gasteiger partial charge < -0.3 is 15.5 Å². The molecule has 1 aromatic heterocycles. The standard InChI is InChI=1S/C14H10N2O3/c15-13(17)8-3-4-12-10(6-8)11(14(18)16-12)7-9-2-1-5-19-9/h1-7H,(H2,15,17)(H,16,18). The highest BCUT2D eigenvalue weighted by atomic mass is 16.3. The van der Waals surface area contributed by atoms with Crippen molar-refractivity contribution in [2.24, 2.45) is 5.73 Å². The Kier molecular flexibility index (Phi) is 2.45. The lowest BCUT2D eigenvalue weighted by atomic mass is 10.0. The number of benzene rings is 1. The molecular weight excluding hydrogens is 244 g/mol. The minimum Gasteiger partial charge on any atom is -0.465 e. The van der Waals surface area contributed by atoms with Gasteiger partial charge >= 0.3 is 0 Å². The lowest BCUT2D eigenvalue weighted by Crippen LogP contribution is -2.10. The smallest absolute Gasteiger partial charge is 0.256 e. The zero-order valence-corrected chi connectivity index (χ0v) is 9.84. The highest BCUT2D eigenvalue weighted by molar-refractivity contribution is 6.35. The van der Waals surface area contributed by atoms with E-state index in [-0.39, 0.29) is 5.91 Å². The van der Waals surface area contributed by atoms with E-state index in [1.54, 1.807) is 36.4 Å². The first kappa shape index (κ1) is 11.3. The summed E-state index contributed by atoms with van der Waals surface area (Å²) in [5.74, 6) is -0.185. The van der Waals surface area contributed by atoms with Gasteiger partial charge in [0.2, 0.25) is 5.91 Å². The van der Waals surface area contributed by atoms with E-state index >= 15 is 0 Å². The molecule has 1 aliphatic heterocycles. The first-order valence-electron chi connectivity index (χ1n) is 5.66. The van der Waals surface area contributed by atoms with Gasteiger partial charge in [-0.3, -0.25) is 9.59 Å². The zero-order chi connectivity index (χ0) is 13.4. The topological polar surface area (TPSA) is 85.3 Å². The quantitative estimate of drug-likeness (QED) is 0.802. The molecule has 0 saturated heterocycles. The van der Waals surface area contributed by atoms with Gasteiger partial charge in [-0.1, -0.05) is 0 Å². The maximum absolute atomic E-state index is 11.9. The maximum atomic E-state index is 11.9. The molecule has 5 nitrogen and oxygen atoms in total. The van der Waals surface area contributed by atoms with Crippen molar-refractivity contribution < 1.29 is 14.0 Å². The molecule has 19 heavy (non-hydrogen) atoms. The molecule has 0 spiro atoms. The normalized spacial score (nSPS) is 15.4. The fourth-order valence-electron chi connectivity index (χ4n) is 2.00. The van der Waals surface area contributed by atoms with E-state index in [0.717, 1.165) is 0 Å². The van der Waals surface area contributed by atoms with Gasteiger partial charge in [0, 0.05) is 16.8 Å². The van der Waals surface area contributed by atoms with Crippen molar-refractivity contribution in [1.29, 1.82) is 0 Å². The number of rotatable bonds is 2. The minimum absolute atomic E-state index is 0.229. The van der Waals surface area contributed by atoms with Crippen LogP contribution >= 0.6 is 0 Å². The van der Waals surface area contributed by atoms with Gasteiger partial charge in [-0.2, -0.15) is 0 Å². The third kappa shape index (κ3) is 1.91. The number of nitrogens with one attached hydrogen (secondary N) is 1. The summed E-state index contributed by atoms with van der Waals surface area (Å²) in [6.45, 7) is 0. The van der Waals surface area contributed by atoms with Crippen molar-refractivity contribution in [3.63, 3.8) is 0 Å². The lowest BCUT2D eigenvalue weighted by molar-refractivity contribution is -0.110. The predicted molar refractivity (Wildman–Crippen MR) is 70.2 cm³/mol. The molecule has 3 rings (SSSR count). The summed E-state index contributed by atoms with van der Waals surface area (Å²) >= 11 is 0. The van der Waals surface area contributed by atoms with Gasteiger partial charge in [0.1, 0.15) is 5.76 Å². The summed E-state index contributed by atoms with van der Waals surface area (Å²) in [6, 6.07) is 8.33. The second kappa shape index (κ2) is 4.13. The number of hydrogen-bond acceptors (Lipinski definition) is 3. The van der Waals surface area contributed by atoms with Crippen molar-refractivity contribution in [2.45, 2.75) is 0 Å². The van der Waals surface area contributed by atoms with Gasteiger partial charge in [-0.25, -0.2) is 0 Å². The number of carbonyl (C=O) groups is 2. The number of furan rings is 1. The molecule has 94 valence electrons. The molecule has 2 aromatic rings. The summed E-state index contributed by atoms with van der Waals surface area (Å²) in [6.07, 6.45) is 3.16. The van der Waals surface area contributed by atoms with E-state index < -0.39 is 5.91 Å². The molecule has 0 aliphatic carbocycles. The Hall–Kier alpha value is -2.82. The number of hydrogen-bond donors (Lipinski definition) is 2. The summed E-state index contributed by atoms with van der Waals surface area (Å²) in [5.41, 5.74) is 7.37. The molecule has 1 aromatic carbocycles. The van der Waals surface area contributed by atoms with Crippen molar-refractivity contribution in [1.82, 2.24) is 0 Å². The first-order valence-corrected chi connectivity index (χ1v) is 5.66. The molecule has 3 N–H and O–H groups in total. The molecular formula is C14H10N2O3. The van der Waals surface area contributed by atoms with Crippen molar-refractivity contribution in [3.8, 4) is 0 Å². The molecule has 0 saturated carbocycles. The van der Waals surface area contributed by atoms with Crippen LogP contribution < -0.4 is 11.1 Å². The average molecular weight is 254 g/mol. The second-order valence-electron chi connectivity index (χ2n) is 4.15. The van der Waals surface area contributed by atoms with Gasteiger partial charge in [0.05, 0.1) is 11.8 Å². The highest BCUT2D eigenvalue weighted by Crippen LogP contribution is 2.33. The number of fused-ring (bicyclic) bond motifs is 1. The van der Waals surface area contributed by atoms with Crippen LogP contribution in [0, 0.1) is 0 Å². The Morgan fingerprint density at radius 2 is 2.16 bits per heavy atom. The largest absolute Gasteiger partial charge is 0.465 e. The van der Waals surface area contributed by atoms with Gasteiger partial charge in [0.25, 0.3) is 5.91 Å². The van der Waals surface area contributed by atoms with Gasteiger partial charge in [-0.15, -0.1) is 0 Å². The third-order valence-electron chi connectivity index (χ3n) is 2.92. The van der Waals surface area contributed by atoms with E-state index in [1.807, 2.05) is 0 Å². The fourth-order valence-corrected chi connectivity index (χ4v) is 2.00. The lowest BCUT2D eigenvalue weighted by Gasteiger charge is -2.00. The fraction of sp³-hybridized carbons (Fsp3) is 0. The number of anilines is 1. The number of carbonyl (C=O) groups excluding carboxylic acids is 2. The molecule has 5 heteroatoms. The van der Waals surface area contributed by atoms with Crippen LogP contribution in [0.5, 0.6) is 0 Å². The van der Waals surface area contributed by atoms with E-state index in [0.29, 0.717) is 28.1 Å². The zero-order valence-electron chi connectivity index (χ0n) is 9.84. The van der Waals surface area contributed by atoms with Crippen LogP contribution in [0.15, 0.2) is 41.0 Å². The van der Waals surface area contributed by atoms with Crippen molar-refractivity contribution in [2.75, 3.05) is 5.32 Å². The Balaban J connectivity index is 2.12. The molecule has 1 aliphatic rings. The second-order valence-corrected chi connectivity index (χ2v) is 4.15. The number of primary amides is 1. The van der Waals surface area contributed by atoms with Crippen molar-refractivity contribution in [3.05, 3.63) is 53.5 Å². The minimum atomic E-state index is -0.528. The average Bonchev–Trinajstić information content (AvgIpc) is 2.98. The SMILES string of the molecule is NC(=O)c1ccc2c(c1)C(=Cc1ccco1)C(=O)N2. The van der Waals surface area contributed by atoms with E-state index in [4.69, 9.17) is 10.2 Å². The van der Waals surface area contributed by atoms with Crippen LogP contribution in [0.4, 0.5) is 5.69 Å². The molecule has 0 bridgehead atoms. The maximum Gasteiger partial charge on any atom is 0.256 e. The Morgan fingerprint density at radius 1 is 1.32 bits per heavy atom. The van der Waals surface area contributed by atoms with Crippen LogP contribution in [-0.4, -0.2) is 11.8 Å². The van der Waals surface area contributed by atoms with Crippen LogP contribution in [-0.2, 0) is 4.79 Å². The van der Waals surface area contributed by atoms with Crippen LogP contribution in [0.3, 0.4) is 0 Å². The molecule has 0 unspecified atom stereocenters. The summed E-state index contributed by atoms with van der Waals surface area (Å²) in [4.78, 5) is 23.1. The Bertz CT molecular complexity index is 699. The first-order chi connectivity index (χ1) is 9.15. The van der Waals surface area contributed by atoms with Gasteiger partial charge in [0.15, 0.2) is 0 Å². The van der Waals surface area contributed by atoms with Crippen LogP contribution in [0.2, 0.25) is 0 Å². The van der Waals surface area contributed by atoms with E-state index in [2.05, 4.69) is 5.32 Å². The number of nitrogens with two attached hydrogens (primary N) is 1. The van der Waals surface area contributed by atoms with Gasteiger partial charge in [-0.05, 0) is 36.4 Å².